The van der Waals surface area contributed by atoms with Gasteiger partial charge in [-0.2, -0.15) is 0 Å². The third-order valence-electron chi connectivity index (χ3n) is 6.42. The van der Waals surface area contributed by atoms with Crippen LogP contribution in [0.1, 0.15) is 5.56 Å². The molecule has 3 unspecified atom stereocenters. The maximum atomic E-state index is 13.7. The number of benzene rings is 3. The van der Waals surface area contributed by atoms with Crippen molar-refractivity contribution in [1.82, 2.24) is 0 Å². The molecule has 5 rings (SSSR count). The first-order chi connectivity index (χ1) is 17.5. The van der Waals surface area contributed by atoms with E-state index in [0.29, 0.717) is 6.42 Å². The molecular weight excluding hydrogens is 459 g/mol. The molecular formula is C29H25FN2O4. The molecule has 1 amide bonds. The van der Waals surface area contributed by atoms with E-state index in [1.807, 2.05) is 66.7 Å². The van der Waals surface area contributed by atoms with Crippen molar-refractivity contribution in [2.75, 3.05) is 17.7 Å². The standard InChI is InChI=1S/C29H25FN2O4/c1-35-28(34)26-25(27(33)32-22-14-8-11-20(30)18-22)23-15-16-29(26,36-23)24(17-19-9-4-2-5-10-19)31-21-12-6-3-7-13-21/h2-16,18,23-24,31H,17H2,1H3,(H,32,33). The highest BCUT2D eigenvalue weighted by atomic mass is 19.1. The molecule has 0 spiro atoms. The Morgan fingerprint density at radius 2 is 1.69 bits per heavy atom. The number of carbonyl (C=O) groups is 2. The lowest BCUT2D eigenvalue weighted by Gasteiger charge is -2.36. The minimum atomic E-state index is -1.25. The fraction of sp³-hybridized carbons (Fsp3) is 0.172. The van der Waals surface area contributed by atoms with Gasteiger partial charge in [0.25, 0.3) is 5.91 Å². The van der Waals surface area contributed by atoms with Gasteiger partial charge in [-0.3, -0.25) is 4.79 Å². The molecule has 2 heterocycles. The number of amides is 1. The van der Waals surface area contributed by atoms with Crippen LogP contribution in [0.15, 0.2) is 108 Å². The van der Waals surface area contributed by atoms with Crippen molar-refractivity contribution in [3.8, 4) is 0 Å². The Hall–Kier alpha value is -4.23. The van der Waals surface area contributed by atoms with Crippen LogP contribution in [-0.2, 0) is 25.5 Å². The second-order valence-electron chi connectivity index (χ2n) is 8.69. The molecule has 2 aliphatic rings. The zero-order valence-corrected chi connectivity index (χ0v) is 19.6. The first-order valence-electron chi connectivity index (χ1n) is 11.6. The van der Waals surface area contributed by atoms with Crippen molar-refractivity contribution in [3.05, 3.63) is 120 Å². The Labute approximate surface area is 208 Å². The van der Waals surface area contributed by atoms with Gasteiger partial charge in [-0.05, 0) is 48.4 Å². The number of esters is 1. The van der Waals surface area contributed by atoms with Crippen molar-refractivity contribution in [1.29, 1.82) is 0 Å². The fourth-order valence-electron chi connectivity index (χ4n) is 4.82. The highest BCUT2D eigenvalue weighted by Crippen LogP contribution is 2.47. The van der Waals surface area contributed by atoms with E-state index in [1.54, 1.807) is 12.1 Å². The summed E-state index contributed by atoms with van der Waals surface area (Å²) in [7, 11) is 1.28. The van der Waals surface area contributed by atoms with Gasteiger partial charge < -0.3 is 20.1 Å². The SMILES string of the molecule is COC(=O)C1=C(C(=O)Nc2cccc(F)c2)C2C=CC1(C(Cc1ccccc1)Nc1ccccc1)O2. The van der Waals surface area contributed by atoms with Gasteiger partial charge >= 0.3 is 5.97 Å². The summed E-state index contributed by atoms with van der Waals surface area (Å²) in [5, 5.41) is 6.21. The minimum Gasteiger partial charge on any atom is -0.466 e. The quantitative estimate of drug-likeness (QED) is 0.359. The second-order valence-corrected chi connectivity index (χ2v) is 8.69. The van der Waals surface area contributed by atoms with Crippen LogP contribution in [0.2, 0.25) is 0 Å². The number of hydrogen-bond donors (Lipinski definition) is 2. The molecule has 0 saturated carbocycles. The number of fused-ring (bicyclic) bond motifs is 2. The Morgan fingerprint density at radius 3 is 2.39 bits per heavy atom. The van der Waals surface area contributed by atoms with E-state index in [2.05, 4.69) is 10.6 Å². The lowest BCUT2D eigenvalue weighted by molar-refractivity contribution is -0.138. The number of hydrogen-bond acceptors (Lipinski definition) is 5. The van der Waals surface area contributed by atoms with E-state index in [-0.39, 0.29) is 16.8 Å². The number of rotatable bonds is 8. The predicted octanol–water partition coefficient (Wildman–Crippen LogP) is 4.66. The number of ether oxygens (including phenoxy) is 2. The number of halogens is 1. The van der Waals surface area contributed by atoms with Crippen LogP contribution in [0.4, 0.5) is 15.8 Å². The second kappa shape index (κ2) is 9.79. The normalized spacial score (nSPS) is 20.8. The molecule has 0 aliphatic carbocycles. The summed E-state index contributed by atoms with van der Waals surface area (Å²) in [6.07, 6.45) is 3.36. The smallest absolute Gasteiger partial charge is 0.337 e. The fourth-order valence-corrected chi connectivity index (χ4v) is 4.82. The van der Waals surface area contributed by atoms with Crippen LogP contribution < -0.4 is 10.6 Å². The third kappa shape index (κ3) is 4.41. The molecule has 7 heteroatoms. The van der Waals surface area contributed by atoms with E-state index < -0.39 is 35.4 Å². The molecule has 2 aliphatic heterocycles. The summed E-state index contributed by atoms with van der Waals surface area (Å²) in [6, 6.07) is 24.6. The molecule has 0 aromatic heterocycles. The van der Waals surface area contributed by atoms with Crippen molar-refractivity contribution in [2.24, 2.45) is 0 Å². The number of para-hydroxylation sites is 1. The molecule has 182 valence electrons. The van der Waals surface area contributed by atoms with Gasteiger partial charge in [0.05, 0.1) is 24.3 Å². The zero-order valence-electron chi connectivity index (χ0n) is 19.6. The summed E-state index contributed by atoms with van der Waals surface area (Å²) in [5.74, 6) is -1.68. The lowest BCUT2D eigenvalue weighted by Crippen LogP contribution is -2.49. The summed E-state index contributed by atoms with van der Waals surface area (Å²) in [6.45, 7) is 0. The highest BCUT2D eigenvalue weighted by Gasteiger charge is 2.58. The van der Waals surface area contributed by atoms with E-state index in [1.165, 1.54) is 25.3 Å². The zero-order chi connectivity index (χ0) is 25.1. The Bertz CT molecular complexity index is 1300. The third-order valence-corrected chi connectivity index (χ3v) is 6.42. The predicted molar refractivity (Wildman–Crippen MR) is 135 cm³/mol. The van der Waals surface area contributed by atoms with Crippen LogP contribution in [0, 0.1) is 5.82 Å². The number of methoxy groups -OCH3 is 1. The summed E-state index contributed by atoms with van der Waals surface area (Å²) in [4.78, 5) is 26.6. The Morgan fingerprint density at radius 1 is 1.00 bits per heavy atom. The lowest BCUT2D eigenvalue weighted by atomic mass is 9.78. The van der Waals surface area contributed by atoms with E-state index in [4.69, 9.17) is 9.47 Å². The van der Waals surface area contributed by atoms with E-state index >= 15 is 0 Å². The topological polar surface area (TPSA) is 76.7 Å². The highest BCUT2D eigenvalue weighted by molar-refractivity contribution is 6.12. The van der Waals surface area contributed by atoms with Gasteiger partial charge in [-0.15, -0.1) is 0 Å². The molecule has 36 heavy (non-hydrogen) atoms. The number of anilines is 2. The van der Waals surface area contributed by atoms with Crippen molar-refractivity contribution in [2.45, 2.75) is 24.2 Å². The van der Waals surface area contributed by atoms with Crippen LogP contribution >= 0.6 is 0 Å². The molecule has 2 N–H and O–H groups in total. The Balaban J connectivity index is 1.57. The van der Waals surface area contributed by atoms with Crippen LogP contribution in [-0.4, -0.2) is 36.7 Å². The maximum absolute atomic E-state index is 13.7. The first kappa shape index (κ1) is 23.5. The molecule has 0 radical (unpaired) electrons. The molecule has 0 fully saturated rings. The average molecular weight is 485 g/mol. The van der Waals surface area contributed by atoms with Crippen molar-refractivity contribution >= 4 is 23.3 Å². The van der Waals surface area contributed by atoms with Crippen LogP contribution in [0.25, 0.3) is 0 Å². The summed E-state index contributed by atoms with van der Waals surface area (Å²) < 4.78 is 25.3. The molecule has 6 nitrogen and oxygen atoms in total. The monoisotopic (exact) mass is 484 g/mol. The molecule has 3 atom stereocenters. The van der Waals surface area contributed by atoms with Crippen molar-refractivity contribution < 1.29 is 23.5 Å². The van der Waals surface area contributed by atoms with E-state index in [0.717, 1.165) is 11.3 Å². The van der Waals surface area contributed by atoms with E-state index in [9.17, 15) is 14.0 Å². The molecule has 3 aromatic rings. The van der Waals surface area contributed by atoms with Gasteiger partial charge in [-0.25, -0.2) is 9.18 Å². The first-order valence-corrected chi connectivity index (χ1v) is 11.6. The molecule has 0 saturated heterocycles. The summed E-state index contributed by atoms with van der Waals surface area (Å²) in [5.41, 5.74) is 1.19. The largest absolute Gasteiger partial charge is 0.466 e. The van der Waals surface area contributed by atoms with Gasteiger partial charge in [0.2, 0.25) is 0 Å². The number of nitrogens with one attached hydrogen (secondary N) is 2. The summed E-state index contributed by atoms with van der Waals surface area (Å²) >= 11 is 0. The van der Waals surface area contributed by atoms with Crippen molar-refractivity contribution in [3.63, 3.8) is 0 Å². The molecule has 2 bridgehead atoms. The van der Waals surface area contributed by atoms with Gasteiger partial charge in [0.15, 0.2) is 0 Å². The molecule has 3 aromatic carbocycles. The van der Waals surface area contributed by atoms with Gasteiger partial charge in [-0.1, -0.05) is 60.7 Å². The minimum absolute atomic E-state index is 0.135. The van der Waals surface area contributed by atoms with Gasteiger partial charge in [0.1, 0.15) is 17.5 Å². The van der Waals surface area contributed by atoms with Crippen LogP contribution in [0.5, 0.6) is 0 Å². The average Bonchev–Trinajstić information content (AvgIpc) is 3.47. The van der Waals surface area contributed by atoms with Crippen LogP contribution in [0.3, 0.4) is 0 Å². The maximum Gasteiger partial charge on any atom is 0.337 e. The number of carbonyl (C=O) groups excluding carboxylic acids is 2. The van der Waals surface area contributed by atoms with Gasteiger partial charge in [0, 0.05) is 11.4 Å². The Kier molecular flexibility index (Phi) is 6.40.